The third kappa shape index (κ3) is 1.40. The fraction of sp³-hybridized carbons (Fsp3) is 0.714. The SMILES string of the molecule is CC(C)(N)N1C(=O)CCC1=O. The number of nitrogens with zero attached hydrogens (tertiary/aromatic N) is 1. The Bertz CT molecular complexity index is 189. The number of carbonyl (C=O) groups is 2. The Morgan fingerprint density at radius 2 is 1.64 bits per heavy atom. The van der Waals surface area contributed by atoms with Crippen molar-refractivity contribution in [1.82, 2.24) is 4.90 Å². The van der Waals surface area contributed by atoms with E-state index in [1.54, 1.807) is 13.8 Å². The second kappa shape index (κ2) is 2.30. The van der Waals surface area contributed by atoms with Gasteiger partial charge in [-0.2, -0.15) is 0 Å². The van der Waals surface area contributed by atoms with E-state index in [9.17, 15) is 9.59 Å². The van der Waals surface area contributed by atoms with E-state index < -0.39 is 5.66 Å². The van der Waals surface area contributed by atoms with Crippen LogP contribution < -0.4 is 5.73 Å². The van der Waals surface area contributed by atoms with Gasteiger partial charge in [-0.3, -0.25) is 14.5 Å². The third-order valence-electron chi connectivity index (χ3n) is 1.63. The molecular weight excluding hydrogens is 144 g/mol. The summed E-state index contributed by atoms with van der Waals surface area (Å²) < 4.78 is 0. The standard InChI is InChI=1S/C7H12N2O2/c1-7(2,8)9-5(10)3-4-6(9)11/h3-4,8H2,1-2H3. The van der Waals surface area contributed by atoms with Gasteiger partial charge in [-0.25, -0.2) is 0 Å². The lowest BCUT2D eigenvalue weighted by atomic mass is 10.2. The second-order valence-electron chi connectivity index (χ2n) is 3.28. The predicted molar refractivity (Wildman–Crippen MR) is 39.4 cm³/mol. The van der Waals surface area contributed by atoms with E-state index in [0.717, 1.165) is 4.90 Å². The fourth-order valence-corrected chi connectivity index (χ4v) is 1.22. The first-order chi connectivity index (χ1) is 4.93. The van der Waals surface area contributed by atoms with Gasteiger partial charge < -0.3 is 5.73 Å². The van der Waals surface area contributed by atoms with Crippen LogP contribution in [0.3, 0.4) is 0 Å². The number of carbonyl (C=O) groups excluding carboxylic acids is 2. The van der Waals surface area contributed by atoms with Crippen LogP contribution in [-0.4, -0.2) is 22.4 Å². The van der Waals surface area contributed by atoms with E-state index in [2.05, 4.69) is 0 Å². The molecule has 1 rings (SSSR count). The zero-order valence-corrected chi connectivity index (χ0v) is 6.76. The van der Waals surface area contributed by atoms with Gasteiger partial charge in [0.15, 0.2) is 0 Å². The molecule has 0 aromatic carbocycles. The summed E-state index contributed by atoms with van der Waals surface area (Å²) in [7, 11) is 0. The molecule has 2 N–H and O–H groups in total. The molecule has 62 valence electrons. The number of imide groups is 1. The monoisotopic (exact) mass is 156 g/mol. The van der Waals surface area contributed by atoms with Gasteiger partial charge in [-0.15, -0.1) is 0 Å². The lowest BCUT2D eigenvalue weighted by Gasteiger charge is -2.29. The van der Waals surface area contributed by atoms with Gasteiger partial charge in [-0.05, 0) is 13.8 Å². The Labute approximate surface area is 65.3 Å². The molecule has 4 heteroatoms. The number of rotatable bonds is 1. The molecule has 1 aliphatic heterocycles. The van der Waals surface area contributed by atoms with Crippen LogP contribution in [0, 0.1) is 0 Å². The molecular formula is C7H12N2O2. The topological polar surface area (TPSA) is 63.4 Å². The third-order valence-corrected chi connectivity index (χ3v) is 1.63. The van der Waals surface area contributed by atoms with Gasteiger partial charge in [0.1, 0.15) is 0 Å². The molecule has 4 nitrogen and oxygen atoms in total. The molecule has 0 spiro atoms. The summed E-state index contributed by atoms with van der Waals surface area (Å²) in [4.78, 5) is 23.2. The van der Waals surface area contributed by atoms with Crippen LogP contribution in [0.4, 0.5) is 0 Å². The van der Waals surface area contributed by atoms with Crippen LogP contribution in [0.1, 0.15) is 26.7 Å². The first kappa shape index (κ1) is 8.20. The molecule has 0 saturated carbocycles. The quantitative estimate of drug-likeness (QED) is 0.536. The molecule has 0 aromatic heterocycles. The molecule has 1 fully saturated rings. The van der Waals surface area contributed by atoms with Crippen molar-refractivity contribution in [3.8, 4) is 0 Å². The zero-order valence-electron chi connectivity index (χ0n) is 6.76. The molecule has 1 saturated heterocycles. The summed E-state index contributed by atoms with van der Waals surface area (Å²) in [5.41, 5.74) is 4.76. The van der Waals surface area contributed by atoms with E-state index in [1.807, 2.05) is 0 Å². The minimum absolute atomic E-state index is 0.164. The first-order valence-corrected chi connectivity index (χ1v) is 3.57. The van der Waals surface area contributed by atoms with E-state index in [4.69, 9.17) is 5.73 Å². The molecule has 0 atom stereocenters. The maximum atomic E-state index is 11.1. The second-order valence-corrected chi connectivity index (χ2v) is 3.28. The molecule has 0 aliphatic carbocycles. The summed E-state index contributed by atoms with van der Waals surface area (Å²) in [5.74, 6) is -0.329. The zero-order chi connectivity index (χ0) is 8.65. The average Bonchev–Trinajstić information content (AvgIpc) is 2.08. The van der Waals surface area contributed by atoms with Gasteiger partial charge in [-0.1, -0.05) is 0 Å². The predicted octanol–water partition coefficient (Wildman–Crippen LogP) is -0.170. The maximum absolute atomic E-state index is 11.1. The van der Waals surface area contributed by atoms with E-state index in [1.165, 1.54) is 0 Å². The number of amides is 2. The van der Waals surface area contributed by atoms with Crippen molar-refractivity contribution < 1.29 is 9.59 Å². The summed E-state index contributed by atoms with van der Waals surface area (Å²) in [6, 6.07) is 0. The van der Waals surface area contributed by atoms with Crippen molar-refractivity contribution in [1.29, 1.82) is 0 Å². The number of hydrogen-bond acceptors (Lipinski definition) is 3. The molecule has 0 bridgehead atoms. The summed E-state index contributed by atoms with van der Waals surface area (Å²) in [5, 5.41) is 0. The summed E-state index contributed by atoms with van der Waals surface area (Å²) in [6.07, 6.45) is 0.610. The number of hydrogen-bond donors (Lipinski definition) is 1. The van der Waals surface area contributed by atoms with E-state index >= 15 is 0 Å². The van der Waals surface area contributed by atoms with Crippen molar-refractivity contribution in [3.63, 3.8) is 0 Å². The lowest BCUT2D eigenvalue weighted by molar-refractivity contribution is -0.144. The molecule has 2 amide bonds. The highest BCUT2D eigenvalue weighted by atomic mass is 16.2. The fourth-order valence-electron chi connectivity index (χ4n) is 1.22. The summed E-state index contributed by atoms with van der Waals surface area (Å²) >= 11 is 0. The Balaban J connectivity index is 2.85. The molecule has 0 unspecified atom stereocenters. The minimum atomic E-state index is -0.843. The van der Waals surface area contributed by atoms with Crippen molar-refractivity contribution in [2.24, 2.45) is 5.73 Å². The van der Waals surface area contributed by atoms with Gasteiger partial charge in [0.05, 0.1) is 5.66 Å². The van der Waals surface area contributed by atoms with Crippen LogP contribution in [0.2, 0.25) is 0 Å². The largest absolute Gasteiger partial charge is 0.309 e. The Kier molecular flexibility index (Phi) is 1.72. The molecule has 0 aromatic rings. The normalized spacial score (nSPS) is 19.7. The van der Waals surface area contributed by atoms with Crippen molar-refractivity contribution in [2.45, 2.75) is 32.4 Å². The van der Waals surface area contributed by atoms with E-state index in [-0.39, 0.29) is 11.8 Å². The molecule has 11 heavy (non-hydrogen) atoms. The number of nitrogens with two attached hydrogens (primary N) is 1. The van der Waals surface area contributed by atoms with Gasteiger partial charge in [0, 0.05) is 12.8 Å². The Morgan fingerprint density at radius 1 is 1.27 bits per heavy atom. The van der Waals surface area contributed by atoms with Crippen molar-refractivity contribution in [3.05, 3.63) is 0 Å². The highest BCUT2D eigenvalue weighted by Gasteiger charge is 2.37. The van der Waals surface area contributed by atoms with Gasteiger partial charge in [0.25, 0.3) is 0 Å². The van der Waals surface area contributed by atoms with Crippen LogP contribution in [0.5, 0.6) is 0 Å². The van der Waals surface area contributed by atoms with Gasteiger partial charge >= 0.3 is 0 Å². The Hall–Kier alpha value is -0.900. The first-order valence-electron chi connectivity index (χ1n) is 3.57. The Morgan fingerprint density at radius 3 is 1.82 bits per heavy atom. The van der Waals surface area contributed by atoms with Crippen LogP contribution in [0.15, 0.2) is 0 Å². The van der Waals surface area contributed by atoms with Gasteiger partial charge in [0.2, 0.25) is 11.8 Å². The average molecular weight is 156 g/mol. The molecule has 0 radical (unpaired) electrons. The van der Waals surface area contributed by atoms with Crippen LogP contribution >= 0.6 is 0 Å². The molecule has 1 aliphatic rings. The highest BCUT2D eigenvalue weighted by molar-refractivity contribution is 6.02. The molecule has 1 heterocycles. The smallest absolute Gasteiger partial charge is 0.231 e. The van der Waals surface area contributed by atoms with Crippen molar-refractivity contribution >= 4 is 11.8 Å². The van der Waals surface area contributed by atoms with E-state index in [0.29, 0.717) is 12.8 Å². The van der Waals surface area contributed by atoms with Crippen LogP contribution in [0.25, 0.3) is 0 Å². The van der Waals surface area contributed by atoms with Crippen molar-refractivity contribution in [2.75, 3.05) is 0 Å². The summed E-state index contributed by atoms with van der Waals surface area (Å²) in [6.45, 7) is 3.29. The van der Waals surface area contributed by atoms with Crippen LogP contribution in [-0.2, 0) is 9.59 Å². The highest BCUT2D eigenvalue weighted by Crippen LogP contribution is 2.18. The minimum Gasteiger partial charge on any atom is -0.309 e. The maximum Gasteiger partial charge on any atom is 0.231 e. The number of likely N-dealkylation sites (tertiary alicyclic amines) is 1. The lowest BCUT2D eigenvalue weighted by Crippen LogP contribution is -2.53.